The molecule has 3 heterocycles. The Morgan fingerprint density at radius 3 is 2.57 bits per heavy atom. The van der Waals surface area contributed by atoms with Crippen LogP contribution in [-0.4, -0.2) is 68.0 Å². The van der Waals surface area contributed by atoms with Crippen LogP contribution in [0.3, 0.4) is 0 Å². The number of hydrogen-bond donors (Lipinski definition) is 1. The standard InChI is InChI=1S/C22H30N4O3S/c27-30(28,26-11-5-2-6-12-26)21-9-10-22(24-16-21)23-15-20-18-25(13-14-29-20)17-19-7-3-1-4-8-19/h1,3-4,7-10,16,20H,2,5-6,11-15,17-18H2,(H,23,24). The van der Waals surface area contributed by atoms with Crippen molar-refractivity contribution in [3.05, 3.63) is 54.2 Å². The summed E-state index contributed by atoms with van der Waals surface area (Å²) in [4.78, 5) is 6.98. The van der Waals surface area contributed by atoms with Crippen LogP contribution in [0.4, 0.5) is 5.82 Å². The van der Waals surface area contributed by atoms with E-state index in [4.69, 9.17) is 4.74 Å². The zero-order valence-corrected chi connectivity index (χ0v) is 18.1. The minimum Gasteiger partial charge on any atom is -0.374 e. The van der Waals surface area contributed by atoms with Gasteiger partial charge >= 0.3 is 0 Å². The zero-order chi connectivity index (χ0) is 20.8. The maximum Gasteiger partial charge on any atom is 0.244 e. The van der Waals surface area contributed by atoms with E-state index in [2.05, 4.69) is 39.5 Å². The van der Waals surface area contributed by atoms with Gasteiger partial charge in [0.05, 0.1) is 12.7 Å². The molecule has 2 fully saturated rings. The van der Waals surface area contributed by atoms with Crippen LogP contribution in [0, 0.1) is 0 Å². The minimum atomic E-state index is -3.44. The number of ether oxygens (including phenoxy) is 1. The third-order valence-electron chi connectivity index (χ3n) is 5.67. The highest BCUT2D eigenvalue weighted by Gasteiger charge is 2.26. The Morgan fingerprint density at radius 2 is 1.83 bits per heavy atom. The number of rotatable bonds is 7. The summed E-state index contributed by atoms with van der Waals surface area (Å²) in [5.74, 6) is 0.663. The van der Waals surface area contributed by atoms with Crippen LogP contribution in [0.5, 0.6) is 0 Å². The predicted molar refractivity (Wildman–Crippen MR) is 117 cm³/mol. The largest absolute Gasteiger partial charge is 0.374 e. The third kappa shape index (κ3) is 5.37. The average molecular weight is 431 g/mol. The van der Waals surface area contributed by atoms with E-state index in [1.54, 1.807) is 16.4 Å². The number of piperidine rings is 1. The molecule has 7 nitrogen and oxygen atoms in total. The van der Waals surface area contributed by atoms with E-state index in [9.17, 15) is 8.42 Å². The number of nitrogens with one attached hydrogen (secondary N) is 1. The van der Waals surface area contributed by atoms with Gasteiger partial charge in [-0.3, -0.25) is 4.90 Å². The van der Waals surface area contributed by atoms with Crippen molar-refractivity contribution < 1.29 is 13.2 Å². The highest BCUT2D eigenvalue weighted by atomic mass is 32.2. The minimum absolute atomic E-state index is 0.0704. The van der Waals surface area contributed by atoms with Crippen LogP contribution in [0.1, 0.15) is 24.8 Å². The van der Waals surface area contributed by atoms with Crippen molar-refractivity contribution in [3.63, 3.8) is 0 Å². The molecule has 2 aromatic rings. The van der Waals surface area contributed by atoms with Crippen LogP contribution >= 0.6 is 0 Å². The Labute approximate surface area is 179 Å². The van der Waals surface area contributed by atoms with Crippen LogP contribution in [0.2, 0.25) is 0 Å². The summed E-state index contributed by atoms with van der Waals surface area (Å²) in [5, 5.41) is 3.29. The summed E-state index contributed by atoms with van der Waals surface area (Å²) in [7, 11) is -3.44. The summed E-state index contributed by atoms with van der Waals surface area (Å²) in [6.07, 6.45) is 4.47. The van der Waals surface area contributed by atoms with Crippen LogP contribution in [-0.2, 0) is 21.3 Å². The van der Waals surface area contributed by atoms with E-state index in [-0.39, 0.29) is 11.0 Å². The Bertz CT molecular complexity index is 900. The van der Waals surface area contributed by atoms with Gasteiger partial charge in [0.1, 0.15) is 10.7 Å². The molecular weight excluding hydrogens is 400 g/mol. The summed E-state index contributed by atoms with van der Waals surface area (Å²) in [5.41, 5.74) is 1.30. The Hall–Kier alpha value is -2.00. The molecule has 8 heteroatoms. The molecule has 2 aliphatic heterocycles. The lowest BCUT2D eigenvalue weighted by Crippen LogP contribution is -2.44. The van der Waals surface area contributed by atoms with Gasteiger partial charge in [0.25, 0.3) is 0 Å². The maximum atomic E-state index is 12.7. The molecule has 0 aliphatic carbocycles. The Balaban J connectivity index is 1.29. The second kappa shape index (κ2) is 9.87. The van der Waals surface area contributed by atoms with Gasteiger partial charge in [0, 0.05) is 45.5 Å². The predicted octanol–water partition coefficient (Wildman–Crippen LogP) is 2.57. The molecule has 2 aliphatic rings. The van der Waals surface area contributed by atoms with Crippen molar-refractivity contribution in [2.45, 2.75) is 36.8 Å². The second-order valence-corrected chi connectivity index (χ2v) is 9.88. The van der Waals surface area contributed by atoms with Gasteiger partial charge in [0.2, 0.25) is 10.0 Å². The number of hydrogen-bond acceptors (Lipinski definition) is 6. The van der Waals surface area contributed by atoms with Gasteiger partial charge in [-0.2, -0.15) is 4.31 Å². The number of sulfonamides is 1. The number of morpholine rings is 1. The molecule has 1 atom stereocenters. The van der Waals surface area contributed by atoms with Crippen molar-refractivity contribution >= 4 is 15.8 Å². The third-order valence-corrected chi connectivity index (χ3v) is 7.55. The quantitative estimate of drug-likeness (QED) is 0.728. The summed E-state index contributed by atoms with van der Waals surface area (Å²) in [6.45, 7) is 5.23. The zero-order valence-electron chi connectivity index (χ0n) is 17.2. The molecule has 1 N–H and O–H groups in total. The summed E-state index contributed by atoms with van der Waals surface area (Å²) < 4.78 is 32.9. The van der Waals surface area contributed by atoms with E-state index in [0.29, 0.717) is 32.1 Å². The van der Waals surface area contributed by atoms with Crippen molar-refractivity contribution in [1.29, 1.82) is 0 Å². The molecule has 0 bridgehead atoms. The maximum absolute atomic E-state index is 12.7. The molecule has 0 spiro atoms. The van der Waals surface area contributed by atoms with Gasteiger partial charge in [0.15, 0.2) is 0 Å². The molecule has 4 rings (SSSR count). The van der Waals surface area contributed by atoms with Crippen LogP contribution < -0.4 is 5.32 Å². The van der Waals surface area contributed by atoms with Crippen molar-refractivity contribution in [2.75, 3.05) is 44.6 Å². The number of pyridine rings is 1. The fourth-order valence-electron chi connectivity index (χ4n) is 4.00. The molecular formula is C22H30N4O3S. The summed E-state index contributed by atoms with van der Waals surface area (Å²) >= 11 is 0. The molecule has 0 amide bonds. The number of anilines is 1. The smallest absolute Gasteiger partial charge is 0.244 e. The van der Waals surface area contributed by atoms with Gasteiger partial charge in [-0.25, -0.2) is 13.4 Å². The number of aromatic nitrogens is 1. The lowest BCUT2D eigenvalue weighted by Gasteiger charge is -2.33. The highest BCUT2D eigenvalue weighted by molar-refractivity contribution is 7.89. The van der Waals surface area contributed by atoms with Gasteiger partial charge in [-0.05, 0) is 30.5 Å². The fourth-order valence-corrected chi connectivity index (χ4v) is 5.46. The first kappa shape index (κ1) is 21.2. The van der Waals surface area contributed by atoms with Gasteiger partial charge in [-0.1, -0.05) is 36.8 Å². The summed E-state index contributed by atoms with van der Waals surface area (Å²) in [6, 6.07) is 13.8. The molecule has 162 valence electrons. The topological polar surface area (TPSA) is 74.8 Å². The molecule has 1 unspecified atom stereocenters. The van der Waals surface area contributed by atoms with Crippen LogP contribution in [0.15, 0.2) is 53.6 Å². The molecule has 0 saturated carbocycles. The molecule has 1 aromatic carbocycles. The van der Waals surface area contributed by atoms with E-state index < -0.39 is 10.0 Å². The van der Waals surface area contributed by atoms with Crippen molar-refractivity contribution in [1.82, 2.24) is 14.2 Å². The first-order valence-corrected chi connectivity index (χ1v) is 12.1. The van der Waals surface area contributed by atoms with E-state index >= 15 is 0 Å². The average Bonchev–Trinajstić information content (AvgIpc) is 2.79. The normalized spacial score (nSPS) is 21.4. The lowest BCUT2D eigenvalue weighted by molar-refractivity contribution is -0.0240. The van der Waals surface area contributed by atoms with Crippen LogP contribution in [0.25, 0.3) is 0 Å². The van der Waals surface area contributed by atoms with Crippen molar-refractivity contribution in [3.8, 4) is 0 Å². The van der Waals surface area contributed by atoms with Gasteiger partial charge in [-0.15, -0.1) is 0 Å². The number of benzene rings is 1. The Morgan fingerprint density at radius 1 is 1.03 bits per heavy atom. The molecule has 1 aromatic heterocycles. The lowest BCUT2D eigenvalue weighted by atomic mass is 10.2. The molecule has 30 heavy (non-hydrogen) atoms. The molecule has 2 saturated heterocycles. The SMILES string of the molecule is O=S(=O)(c1ccc(NCC2CN(Cc3ccccc3)CCO2)nc1)N1CCCCC1. The van der Waals surface area contributed by atoms with E-state index in [1.807, 2.05) is 6.07 Å². The van der Waals surface area contributed by atoms with Gasteiger partial charge < -0.3 is 10.1 Å². The Kier molecular flexibility index (Phi) is 6.99. The monoisotopic (exact) mass is 430 g/mol. The van der Waals surface area contributed by atoms with E-state index in [0.717, 1.165) is 38.9 Å². The fraction of sp³-hybridized carbons (Fsp3) is 0.500. The number of nitrogens with zero attached hydrogens (tertiary/aromatic N) is 3. The molecule has 0 radical (unpaired) electrons. The first-order chi connectivity index (χ1) is 14.6. The van der Waals surface area contributed by atoms with Crippen molar-refractivity contribution in [2.24, 2.45) is 0 Å². The highest BCUT2D eigenvalue weighted by Crippen LogP contribution is 2.21. The first-order valence-electron chi connectivity index (χ1n) is 10.7. The van der Waals surface area contributed by atoms with E-state index in [1.165, 1.54) is 11.8 Å². The second-order valence-electron chi connectivity index (χ2n) is 7.94.